The van der Waals surface area contributed by atoms with Gasteiger partial charge in [0.05, 0.1) is 28.0 Å². The van der Waals surface area contributed by atoms with Crippen molar-refractivity contribution in [2.24, 2.45) is 11.8 Å². The Morgan fingerprint density at radius 3 is 1.82 bits per heavy atom. The third-order valence-electron chi connectivity index (χ3n) is 8.06. The van der Waals surface area contributed by atoms with Crippen molar-refractivity contribution in [1.29, 1.82) is 0 Å². The highest BCUT2D eigenvalue weighted by atomic mass is 35.5. The zero-order valence-corrected chi connectivity index (χ0v) is 23.0. The predicted octanol–water partition coefficient (Wildman–Crippen LogP) is 5.89. The molecule has 9 heteroatoms. The summed E-state index contributed by atoms with van der Waals surface area (Å²) in [6.07, 6.45) is 0. The third-order valence-corrected chi connectivity index (χ3v) is 10.3. The topological polar surface area (TPSA) is 80.8 Å². The lowest BCUT2D eigenvalue weighted by atomic mass is 9.54. The summed E-state index contributed by atoms with van der Waals surface area (Å²) in [6, 6.07) is 24.3. The lowest BCUT2D eigenvalue weighted by molar-refractivity contribution is -0.122. The first-order valence-corrected chi connectivity index (χ1v) is 14.2. The number of nitrogens with zero attached hydrogens (tertiary/aromatic N) is 1. The number of rotatable bonds is 5. The van der Waals surface area contributed by atoms with Gasteiger partial charge in [-0.1, -0.05) is 60.7 Å². The van der Waals surface area contributed by atoms with Gasteiger partial charge >= 0.3 is 5.97 Å². The zero-order valence-electron chi connectivity index (χ0n) is 20.7. The third kappa shape index (κ3) is 3.22. The van der Waals surface area contributed by atoms with Gasteiger partial charge in [-0.2, -0.15) is 0 Å². The summed E-state index contributed by atoms with van der Waals surface area (Å²) >= 11 is 16.2. The number of carbonyl (C=O) groups is 4. The van der Waals surface area contributed by atoms with Crippen LogP contribution in [0, 0.1) is 11.8 Å². The minimum absolute atomic E-state index is 0.0997. The molecule has 2 amide bonds. The van der Waals surface area contributed by atoms with E-state index >= 15 is 0 Å². The van der Waals surface area contributed by atoms with Crippen molar-refractivity contribution in [1.82, 2.24) is 0 Å². The van der Waals surface area contributed by atoms with Crippen molar-refractivity contribution in [3.8, 4) is 0 Å². The smallest absolute Gasteiger partial charge is 0.338 e. The largest absolute Gasteiger partial charge is 0.454 e. The van der Waals surface area contributed by atoms with Crippen molar-refractivity contribution in [2.75, 3.05) is 11.5 Å². The molecular weight excluding hydrogens is 569 g/mol. The summed E-state index contributed by atoms with van der Waals surface area (Å²) < 4.78 is 5.23. The number of hydrogen-bond acceptors (Lipinski definition) is 6. The second kappa shape index (κ2) is 8.86. The normalized spacial score (nSPS) is 25.8. The lowest BCUT2D eigenvalue weighted by Crippen LogP contribution is -2.57. The van der Waals surface area contributed by atoms with Gasteiger partial charge in [-0.05, 0) is 51.9 Å². The van der Waals surface area contributed by atoms with Gasteiger partial charge in [0.15, 0.2) is 6.61 Å². The highest BCUT2D eigenvalue weighted by Gasteiger charge is 2.73. The molecule has 4 aliphatic rings. The van der Waals surface area contributed by atoms with Gasteiger partial charge in [0.2, 0.25) is 17.6 Å². The van der Waals surface area contributed by atoms with E-state index in [0.29, 0.717) is 27.1 Å². The molecule has 0 N–H and O–H groups in total. The Kier molecular flexibility index (Phi) is 5.58. The highest BCUT2D eigenvalue weighted by molar-refractivity contribution is 7.12. The van der Waals surface area contributed by atoms with Crippen LogP contribution in [0.25, 0.3) is 0 Å². The molecule has 198 valence electrons. The average molecular weight is 588 g/mol. The summed E-state index contributed by atoms with van der Waals surface area (Å²) in [7, 11) is 0. The van der Waals surface area contributed by atoms with Crippen LogP contribution < -0.4 is 4.90 Å². The fourth-order valence-electron chi connectivity index (χ4n) is 6.42. The van der Waals surface area contributed by atoms with Gasteiger partial charge in [-0.25, -0.2) is 9.69 Å². The molecule has 0 spiro atoms. The van der Waals surface area contributed by atoms with Crippen LogP contribution in [0.3, 0.4) is 0 Å². The zero-order chi connectivity index (χ0) is 27.8. The second-order valence-electron chi connectivity index (χ2n) is 10.0. The van der Waals surface area contributed by atoms with E-state index in [9.17, 15) is 19.2 Å². The minimum atomic E-state index is -1.30. The maximum absolute atomic E-state index is 14.1. The molecule has 0 radical (unpaired) electrons. The number of amides is 2. The Balaban J connectivity index is 1.26. The van der Waals surface area contributed by atoms with Crippen molar-refractivity contribution in [3.63, 3.8) is 0 Å². The van der Waals surface area contributed by atoms with Crippen LogP contribution in [-0.2, 0) is 24.1 Å². The van der Waals surface area contributed by atoms with Crippen molar-refractivity contribution in [3.05, 3.63) is 123 Å². The van der Waals surface area contributed by atoms with Crippen molar-refractivity contribution < 1.29 is 23.9 Å². The highest BCUT2D eigenvalue weighted by Crippen LogP contribution is 2.69. The van der Waals surface area contributed by atoms with E-state index in [4.69, 9.17) is 27.9 Å². The van der Waals surface area contributed by atoms with Crippen LogP contribution in [0.1, 0.15) is 42.3 Å². The SMILES string of the molecule is O=C(OCC(=O)c1cccs1)c1cccc(N2C(=O)[C@@H]3[C@H](C2=O)C2(Cl)c4ccccc4C3(Cl)c3ccccc32)c1. The van der Waals surface area contributed by atoms with E-state index < -0.39 is 46.0 Å². The maximum atomic E-state index is 14.1. The number of imide groups is 1. The summed E-state index contributed by atoms with van der Waals surface area (Å²) in [5.41, 5.74) is 3.15. The molecule has 3 aliphatic carbocycles. The van der Waals surface area contributed by atoms with Gasteiger partial charge in [0.25, 0.3) is 0 Å². The molecule has 2 bridgehead atoms. The number of carbonyl (C=O) groups excluding carboxylic acids is 4. The quantitative estimate of drug-likeness (QED) is 0.126. The minimum Gasteiger partial charge on any atom is -0.454 e. The average Bonchev–Trinajstić information content (AvgIpc) is 3.61. The van der Waals surface area contributed by atoms with E-state index in [1.165, 1.54) is 23.5 Å². The molecule has 0 saturated carbocycles. The molecule has 1 saturated heterocycles. The number of thiophene rings is 1. The van der Waals surface area contributed by atoms with Gasteiger partial charge < -0.3 is 4.74 Å². The first kappa shape index (κ1) is 25.2. The number of ether oxygens (including phenoxy) is 1. The molecule has 1 aliphatic heterocycles. The molecule has 4 aromatic rings. The Morgan fingerprint density at radius 1 is 0.775 bits per heavy atom. The number of halogens is 2. The van der Waals surface area contributed by atoms with Crippen LogP contribution in [0.2, 0.25) is 0 Å². The molecule has 40 heavy (non-hydrogen) atoms. The molecular formula is C31H19Cl2NO5S. The van der Waals surface area contributed by atoms with Gasteiger partial charge in [-0.3, -0.25) is 14.4 Å². The van der Waals surface area contributed by atoms with Crippen LogP contribution in [0.4, 0.5) is 5.69 Å². The van der Waals surface area contributed by atoms with Crippen LogP contribution in [-0.4, -0.2) is 30.2 Å². The Bertz CT molecular complexity index is 1630. The van der Waals surface area contributed by atoms with Gasteiger partial charge in [-0.15, -0.1) is 34.5 Å². The van der Waals surface area contributed by atoms with E-state index in [1.807, 2.05) is 48.5 Å². The number of Topliss-reactive ketones (excluding diaryl/α,β-unsaturated/α-hetero) is 1. The molecule has 2 atom stereocenters. The number of esters is 1. The molecule has 1 aromatic heterocycles. The van der Waals surface area contributed by atoms with Crippen molar-refractivity contribution in [2.45, 2.75) is 9.75 Å². The Morgan fingerprint density at radius 2 is 1.32 bits per heavy atom. The first-order chi connectivity index (χ1) is 19.3. The molecule has 2 heterocycles. The van der Waals surface area contributed by atoms with Crippen molar-refractivity contribution >= 4 is 63.8 Å². The summed E-state index contributed by atoms with van der Waals surface area (Å²) in [4.78, 5) is 52.3. The van der Waals surface area contributed by atoms with E-state index in [-0.39, 0.29) is 17.0 Å². The fourth-order valence-corrected chi connectivity index (χ4v) is 8.17. The molecule has 6 nitrogen and oxygen atoms in total. The number of benzene rings is 3. The van der Waals surface area contributed by atoms with Gasteiger partial charge in [0.1, 0.15) is 9.75 Å². The predicted molar refractivity (Wildman–Crippen MR) is 151 cm³/mol. The lowest BCUT2D eigenvalue weighted by Gasteiger charge is -2.54. The number of ketones is 1. The van der Waals surface area contributed by atoms with Crippen LogP contribution in [0.5, 0.6) is 0 Å². The molecule has 8 rings (SSSR count). The standard InChI is InChI=1S/C31H19Cl2NO5S/c32-30-19-9-1-2-10-20(19)31(33,22-12-4-3-11-21(22)30)26-25(30)27(36)34(28(26)37)18-8-5-7-17(15-18)29(38)39-16-23(35)24-13-6-14-40-24/h1-15,25-26H,16H2/t25-,26+,30?,31?. The summed E-state index contributed by atoms with van der Waals surface area (Å²) in [6.45, 7) is -0.421. The summed E-state index contributed by atoms with van der Waals surface area (Å²) in [5.74, 6) is -3.95. The molecule has 1 fully saturated rings. The van der Waals surface area contributed by atoms with Crippen LogP contribution in [0.15, 0.2) is 90.3 Å². The first-order valence-electron chi connectivity index (χ1n) is 12.6. The number of anilines is 1. The van der Waals surface area contributed by atoms with Crippen LogP contribution >= 0.6 is 34.5 Å². The maximum Gasteiger partial charge on any atom is 0.338 e. The summed E-state index contributed by atoms with van der Waals surface area (Å²) in [5, 5.41) is 1.76. The molecule has 3 aromatic carbocycles. The van der Waals surface area contributed by atoms with E-state index in [1.54, 1.807) is 29.6 Å². The fraction of sp³-hybridized carbons (Fsp3) is 0.161. The van der Waals surface area contributed by atoms with Gasteiger partial charge in [0, 0.05) is 0 Å². The number of alkyl halides is 2. The van der Waals surface area contributed by atoms with E-state index in [2.05, 4.69) is 0 Å². The van der Waals surface area contributed by atoms with E-state index in [0.717, 1.165) is 4.90 Å². The number of hydrogen-bond donors (Lipinski definition) is 0. The monoisotopic (exact) mass is 587 g/mol. The Hall–Kier alpha value is -3.78. The molecule has 0 unspecified atom stereocenters. The second-order valence-corrected chi connectivity index (χ2v) is 12.1. The Labute approximate surface area is 243 Å².